The zero-order valence-corrected chi connectivity index (χ0v) is 11.8. The molecule has 0 spiro atoms. The van der Waals surface area contributed by atoms with E-state index in [-0.39, 0.29) is 18.1 Å². The van der Waals surface area contributed by atoms with Crippen molar-refractivity contribution >= 4 is 11.9 Å². The topological polar surface area (TPSA) is 101 Å². The minimum atomic E-state index is -1.17. The van der Waals surface area contributed by atoms with E-state index in [0.29, 0.717) is 11.3 Å². The van der Waals surface area contributed by atoms with E-state index in [1.807, 2.05) is 0 Å². The molecule has 0 bridgehead atoms. The summed E-state index contributed by atoms with van der Waals surface area (Å²) >= 11 is 0. The van der Waals surface area contributed by atoms with Crippen LogP contribution in [0.1, 0.15) is 23.3 Å². The quantitative estimate of drug-likeness (QED) is 0.890. The van der Waals surface area contributed by atoms with Crippen molar-refractivity contribution < 1.29 is 14.7 Å². The van der Waals surface area contributed by atoms with Crippen molar-refractivity contribution in [3.05, 3.63) is 30.2 Å². The van der Waals surface area contributed by atoms with Crippen molar-refractivity contribution in [3.63, 3.8) is 0 Å². The molecule has 0 aromatic carbocycles. The summed E-state index contributed by atoms with van der Waals surface area (Å²) in [6.45, 7) is 1.46. The molecule has 8 nitrogen and oxygen atoms in total. The van der Waals surface area contributed by atoms with Gasteiger partial charge in [-0.1, -0.05) is 5.21 Å². The first-order valence-electron chi connectivity index (χ1n) is 7.02. The van der Waals surface area contributed by atoms with Crippen LogP contribution in [0.5, 0.6) is 0 Å². The molecule has 1 N–H and O–H groups in total. The number of aromatic carboxylic acids is 1. The lowest BCUT2D eigenvalue weighted by atomic mass is 10.1. The third-order valence-electron chi connectivity index (χ3n) is 3.64. The van der Waals surface area contributed by atoms with Gasteiger partial charge in [-0.15, -0.1) is 5.10 Å². The predicted molar refractivity (Wildman–Crippen MR) is 76.0 cm³/mol. The van der Waals surface area contributed by atoms with Crippen LogP contribution in [0.25, 0.3) is 11.3 Å². The maximum Gasteiger partial charge on any atom is 0.358 e. The number of aromatic nitrogens is 4. The molecule has 2 aromatic heterocycles. The molecule has 0 atom stereocenters. The van der Waals surface area contributed by atoms with Crippen LogP contribution in [0.2, 0.25) is 0 Å². The highest BCUT2D eigenvalue weighted by molar-refractivity contribution is 5.93. The first kappa shape index (κ1) is 14.2. The number of pyridine rings is 1. The predicted octanol–water partition coefficient (Wildman–Crippen LogP) is 0.661. The van der Waals surface area contributed by atoms with E-state index in [2.05, 4.69) is 15.3 Å². The lowest BCUT2D eigenvalue weighted by molar-refractivity contribution is -0.130. The molecule has 0 radical (unpaired) electrons. The Morgan fingerprint density at radius 2 is 1.86 bits per heavy atom. The molecule has 1 saturated heterocycles. The van der Waals surface area contributed by atoms with Crippen LogP contribution in [0.3, 0.4) is 0 Å². The number of carbonyl (C=O) groups excluding carboxylic acids is 1. The molecule has 3 heterocycles. The summed E-state index contributed by atoms with van der Waals surface area (Å²) in [4.78, 5) is 29.3. The normalized spacial score (nSPS) is 14.3. The Balaban J connectivity index is 1.94. The monoisotopic (exact) mass is 301 g/mol. The minimum Gasteiger partial charge on any atom is -0.476 e. The van der Waals surface area contributed by atoms with Crippen molar-refractivity contribution in [1.82, 2.24) is 24.9 Å². The molecule has 3 rings (SSSR count). The number of hydrogen-bond donors (Lipinski definition) is 1. The number of nitrogens with zero attached hydrogens (tertiary/aromatic N) is 5. The smallest absolute Gasteiger partial charge is 0.358 e. The molecule has 2 aromatic rings. The molecule has 0 saturated carbocycles. The Bertz CT molecular complexity index is 692. The molecule has 114 valence electrons. The summed E-state index contributed by atoms with van der Waals surface area (Å²) in [5, 5.41) is 16.8. The van der Waals surface area contributed by atoms with Gasteiger partial charge in [0.15, 0.2) is 5.69 Å². The van der Waals surface area contributed by atoms with Gasteiger partial charge in [0.25, 0.3) is 0 Å². The molecular weight excluding hydrogens is 286 g/mol. The fourth-order valence-corrected chi connectivity index (χ4v) is 2.56. The minimum absolute atomic E-state index is 0.0159. The lowest BCUT2D eigenvalue weighted by Crippen LogP contribution is -2.31. The molecule has 0 unspecified atom stereocenters. The van der Waals surface area contributed by atoms with E-state index in [4.69, 9.17) is 0 Å². The summed E-state index contributed by atoms with van der Waals surface area (Å²) in [6, 6.07) is 3.34. The number of likely N-dealkylation sites (tertiary alicyclic amines) is 1. The Morgan fingerprint density at radius 1 is 1.18 bits per heavy atom. The van der Waals surface area contributed by atoms with Crippen molar-refractivity contribution in [2.75, 3.05) is 13.1 Å². The molecule has 1 aliphatic heterocycles. The van der Waals surface area contributed by atoms with Crippen molar-refractivity contribution in [2.45, 2.75) is 19.4 Å². The number of carboxylic acid groups (broad SMARTS) is 1. The summed E-state index contributed by atoms with van der Waals surface area (Å²) in [7, 11) is 0. The van der Waals surface area contributed by atoms with E-state index < -0.39 is 5.97 Å². The van der Waals surface area contributed by atoms with E-state index in [1.54, 1.807) is 29.4 Å². The van der Waals surface area contributed by atoms with Gasteiger partial charge < -0.3 is 10.0 Å². The van der Waals surface area contributed by atoms with Gasteiger partial charge in [0.1, 0.15) is 12.2 Å². The average Bonchev–Trinajstić information content (AvgIpc) is 3.17. The lowest BCUT2D eigenvalue weighted by Gasteiger charge is -2.15. The van der Waals surface area contributed by atoms with Crippen molar-refractivity contribution in [3.8, 4) is 11.3 Å². The molecule has 1 amide bonds. The first-order chi connectivity index (χ1) is 10.7. The van der Waals surface area contributed by atoms with Crippen molar-refractivity contribution in [2.24, 2.45) is 0 Å². The van der Waals surface area contributed by atoms with E-state index >= 15 is 0 Å². The Hall–Kier alpha value is -2.77. The van der Waals surface area contributed by atoms with Gasteiger partial charge in [0.2, 0.25) is 5.91 Å². The van der Waals surface area contributed by atoms with Gasteiger partial charge in [0.05, 0.1) is 0 Å². The summed E-state index contributed by atoms with van der Waals surface area (Å²) in [6.07, 6.45) is 5.11. The van der Waals surface area contributed by atoms with Crippen LogP contribution in [0.4, 0.5) is 0 Å². The van der Waals surface area contributed by atoms with Gasteiger partial charge in [-0.25, -0.2) is 9.48 Å². The van der Waals surface area contributed by atoms with E-state index in [1.165, 1.54) is 4.68 Å². The number of carboxylic acids is 1. The van der Waals surface area contributed by atoms with Crippen LogP contribution in [-0.4, -0.2) is 55.0 Å². The summed E-state index contributed by atoms with van der Waals surface area (Å²) in [5.41, 5.74) is 0.773. The largest absolute Gasteiger partial charge is 0.476 e. The Morgan fingerprint density at radius 3 is 2.50 bits per heavy atom. The zero-order valence-electron chi connectivity index (χ0n) is 11.8. The van der Waals surface area contributed by atoms with Gasteiger partial charge in [-0.3, -0.25) is 9.78 Å². The highest BCUT2D eigenvalue weighted by atomic mass is 16.4. The average molecular weight is 301 g/mol. The molecule has 22 heavy (non-hydrogen) atoms. The van der Waals surface area contributed by atoms with Gasteiger partial charge >= 0.3 is 5.97 Å². The fraction of sp³-hybridized carbons (Fsp3) is 0.357. The molecule has 1 aliphatic rings. The molecular formula is C14H15N5O3. The summed E-state index contributed by atoms with van der Waals surface area (Å²) in [5.74, 6) is -1.25. The zero-order chi connectivity index (χ0) is 15.5. The second-order valence-electron chi connectivity index (χ2n) is 5.07. The van der Waals surface area contributed by atoms with Gasteiger partial charge in [-0.2, -0.15) is 0 Å². The molecule has 0 aliphatic carbocycles. The Labute approximate surface area is 126 Å². The standard InChI is InChI=1S/C14H15N5O3/c20-11(18-7-1-2-8-18)9-19-13(10-3-5-15-6-4-10)12(14(21)22)16-17-19/h3-6H,1-2,7-9H2,(H,21,22). The van der Waals surface area contributed by atoms with Crippen LogP contribution in [-0.2, 0) is 11.3 Å². The van der Waals surface area contributed by atoms with Crippen molar-refractivity contribution in [1.29, 1.82) is 0 Å². The number of carbonyl (C=O) groups is 2. The third-order valence-corrected chi connectivity index (χ3v) is 3.64. The van der Waals surface area contributed by atoms with Gasteiger partial charge in [0, 0.05) is 31.0 Å². The molecule has 8 heteroatoms. The maximum absolute atomic E-state index is 12.3. The van der Waals surface area contributed by atoms with E-state index in [9.17, 15) is 14.7 Å². The van der Waals surface area contributed by atoms with Crippen LogP contribution in [0.15, 0.2) is 24.5 Å². The van der Waals surface area contributed by atoms with Crippen LogP contribution >= 0.6 is 0 Å². The van der Waals surface area contributed by atoms with E-state index in [0.717, 1.165) is 25.9 Å². The SMILES string of the molecule is O=C(O)c1nnn(CC(=O)N2CCCC2)c1-c1ccncc1. The second-order valence-corrected chi connectivity index (χ2v) is 5.07. The van der Waals surface area contributed by atoms with Crippen LogP contribution < -0.4 is 0 Å². The molecule has 1 fully saturated rings. The first-order valence-corrected chi connectivity index (χ1v) is 7.02. The van der Waals surface area contributed by atoms with Crippen LogP contribution in [0, 0.1) is 0 Å². The fourth-order valence-electron chi connectivity index (χ4n) is 2.56. The highest BCUT2D eigenvalue weighted by Gasteiger charge is 2.24. The number of amides is 1. The Kier molecular flexibility index (Phi) is 3.82. The number of hydrogen-bond acceptors (Lipinski definition) is 5. The third kappa shape index (κ3) is 2.67. The van der Waals surface area contributed by atoms with Gasteiger partial charge in [-0.05, 0) is 25.0 Å². The summed E-state index contributed by atoms with van der Waals surface area (Å²) < 4.78 is 1.35. The second kappa shape index (κ2) is 5.92. The highest BCUT2D eigenvalue weighted by Crippen LogP contribution is 2.22. The maximum atomic E-state index is 12.3. The number of rotatable bonds is 4.